The molecule has 3 heteroatoms. The standard InChI is InChI=1S/C14H17N3/c1-10(2)9-13(17-15)14-12-6-4-3-5-11(12)7-8-16-14/h3-9,13,17H,15H2,1-2H3. The molecule has 1 aromatic carbocycles. The van der Waals surface area contributed by atoms with Crippen LogP contribution in [0.25, 0.3) is 10.8 Å². The van der Waals surface area contributed by atoms with Gasteiger partial charge in [-0.15, -0.1) is 0 Å². The zero-order valence-electron chi connectivity index (χ0n) is 10.1. The smallest absolute Gasteiger partial charge is 0.0821 e. The number of hydrogen-bond acceptors (Lipinski definition) is 3. The maximum atomic E-state index is 5.61. The highest BCUT2D eigenvalue weighted by Gasteiger charge is 2.11. The van der Waals surface area contributed by atoms with E-state index in [0.29, 0.717) is 0 Å². The first-order valence-corrected chi connectivity index (χ1v) is 5.67. The Morgan fingerprint density at radius 2 is 2.06 bits per heavy atom. The number of pyridine rings is 1. The lowest BCUT2D eigenvalue weighted by Gasteiger charge is -2.14. The average Bonchev–Trinajstić information content (AvgIpc) is 2.35. The van der Waals surface area contributed by atoms with E-state index >= 15 is 0 Å². The fourth-order valence-electron chi connectivity index (χ4n) is 1.93. The molecule has 1 aromatic heterocycles. The lowest BCUT2D eigenvalue weighted by Crippen LogP contribution is -2.27. The molecule has 2 aromatic rings. The number of rotatable bonds is 3. The van der Waals surface area contributed by atoms with Crippen molar-refractivity contribution in [2.45, 2.75) is 19.9 Å². The maximum absolute atomic E-state index is 5.61. The second kappa shape index (κ2) is 5.08. The topological polar surface area (TPSA) is 50.9 Å². The molecule has 88 valence electrons. The van der Waals surface area contributed by atoms with Crippen molar-refractivity contribution in [3.8, 4) is 0 Å². The molecule has 17 heavy (non-hydrogen) atoms. The first-order chi connectivity index (χ1) is 8.22. The maximum Gasteiger partial charge on any atom is 0.0821 e. The number of nitrogens with zero attached hydrogens (tertiary/aromatic N) is 1. The van der Waals surface area contributed by atoms with Gasteiger partial charge in [0.05, 0.1) is 11.7 Å². The van der Waals surface area contributed by atoms with Gasteiger partial charge in [-0.05, 0) is 25.3 Å². The van der Waals surface area contributed by atoms with Gasteiger partial charge in [-0.3, -0.25) is 10.8 Å². The van der Waals surface area contributed by atoms with Crippen LogP contribution in [0.3, 0.4) is 0 Å². The summed E-state index contributed by atoms with van der Waals surface area (Å²) in [6.45, 7) is 4.10. The number of allylic oxidation sites excluding steroid dienone is 1. The predicted octanol–water partition coefficient (Wildman–Crippen LogP) is 2.71. The lowest BCUT2D eigenvalue weighted by atomic mass is 10.0. The van der Waals surface area contributed by atoms with E-state index in [-0.39, 0.29) is 6.04 Å². The SMILES string of the molecule is CC(C)=CC(NN)c1nccc2ccccc12. The van der Waals surface area contributed by atoms with Gasteiger partial charge in [-0.1, -0.05) is 35.9 Å². The van der Waals surface area contributed by atoms with Crippen LogP contribution in [-0.4, -0.2) is 4.98 Å². The van der Waals surface area contributed by atoms with Crippen molar-refractivity contribution in [2.75, 3.05) is 0 Å². The number of nitrogens with two attached hydrogens (primary N) is 1. The number of nitrogens with one attached hydrogen (secondary N) is 1. The highest BCUT2D eigenvalue weighted by molar-refractivity contribution is 5.84. The van der Waals surface area contributed by atoms with E-state index in [0.717, 1.165) is 11.1 Å². The molecule has 0 aliphatic rings. The normalized spacial score (nSPS) is 12.4. The summed E-state index contributed by atoms with van der Waals surface area (Å²) in [5.74, 6) is 5.61. The molecule has 3 N–H and O–H groups in total. The van der Waals surface area contributed by atoms with Gasteiger partial charge >= 0.3 is 0 Å². The fourth-order valence-corrected chi connectivity index (χ4v) is 1.93. The van der Waals surface area contributed by atoms with Crippen LogP contribution in [-0.2, 0) is 0 Å². The molecule has 0 bridgehead atoms. The molecular weight excluding hydrogens is 210 g/mol. The van der Waals surface area contributed by atoms with Gasteiger partial charge < -0.3 is 0 Å². The largest absolute Gasteiger partial charge is 0.271 e. The van der Waals surface area contributed by atoms with Crippen molar-refractivity contribution in [1.29, 1.82) is 0 Å². The molecule has 1 atom stereocenters. The van der Waals surface area contributed by atoms with E-state index in [1.807, 2.05) is 24.4 Å². The Bertz CT molecular complexity index is 537. The number of hydrazine groups is 1. The molecule has 2 rings (SSSR count). The van der Waals surface area contributed by atoms with Crippen LogP contribution in [0.4, 0.5) is 0 Å². The third-order valence-corrected chi connectivity index (χ3v) is 2.68. The third kappa shape index (κ3) is 2.52. The molecule has 1 unspecified atom stereocenters. The molecule has 0 aliphatic heterocycles. The summed E-state index contributed by atoms with van der Waals surface area (Å²) in [5, 5.41) is 2.32. The Morgan fingerprint density at radius 1 is 1.29 bits per heavy atom. The average molecular weight is 227 g/mol. The van der Waals surface area contributed by atoms with Crippen LogP contribution in [0.15, 0.2) is 48.2 Å². The van der Waals surface area contributed by atoms with Crippen LogP contribution in [0.5, 0.6) is 0 Å². The molecule has 3 nitrogen and oxygen atoms in total. The zero-order chi connectivity index (χ0) is 12.3. The molecule has 0 saturated heterocycles. The summed E-state index contributed by atoms with van der Waals surface area (Å²) in [6.07, 6.45) is 3.90. The predicted molar refractivity (Wildman–Crippen MR) is 71.2 cm³/mol. The van der Waals surface area contributed by atoms with Gasteiger partial charge in [-0.2, -0.15) is 0 Å². The zero-order valence-corrected chi connectivity index (χ0v) is 10.1. The van der Waals surface area contributed by atoms with Crippen molar-refractivity contribution in [1.82, 2.24) is 10.4 Å². The van der Waals surface area contributed by atoms with Gasteiger partial charge in [0.1, 0.15) is 0 Å². The van der Waals surface area contributed by atoms with E-state index < -0.39 is 0 Å². The van der Waals surface area contributed by atoms with Gasteiger partial charge in [-0.25, -0.2) is 5.43 Å². The first-order valence-electron chi connectivity index (χ1n) is 5.67. The number of hydrogen-bond donors (Lipinski definition) is 2. The van der Waals surface area contributed by atoms with Crippen molar-refractivity contribution in [2.24, 2.45) is 5.84 Å². The van der Waals surface area contributed by atoms with Crippen molar-refractivity contribution in [3.63, 3.8) is 0 Å². The summed E-state index contributed by atoms with van der Waals surface area (Å²) in [5.41, 5.74) is 4.98. The third-order valence-electron chi connectivity index (χ3n) is 2.68. The Hall–Kier alpha value is -1.71. The Morgan fingerprint density at radius 3 is 2.76 bits per heavy atom. The first kappa shape index (κ1) is 11.8. The summed E-state index contributed by atoms with van der Waals surface area (Å²) in [7, 11) is 0. The summed E-state index contributed by atoms with van der Waals surface area (Å²) >= 11 is 0. The summed E-state index contributed by atoms with van der Waals surface area (Å²) < 4.78 is 0. The molecule has 0 saturated carbocycles. The second-order valence-corrected chi connectivity index (χ2v) is 4.31. The molecule has 0 spiro atoms. The van der Waals surface area contributed by atoms with Crippen LogP contribution in [0.1, 0.15) is 25.6 Å². The van der Waals surface area contributed by atoms with Crippen LogP contribution in [0.2, 0.25) is 0 Å². The molecule has 0 amide bonds. The highest BCUT2D eigenvalue weighted by atomic mass is 15.2. The van der Waals surface area contributed by atoms with Gasteiger partial charge in [0.15, 0.2) is 0 Å². The highest BCUT2D eigenvalue weighted by Crippen LogP contribution is 2.23. The summed E-state index contributed by atoms with van der Waals surface area (Å²) in [4.78, 5) is 4.44. The second-order valence-electron chi connectivity index (χ2n) is 4.31. The van der Waals surface area contributed by atoms with Crippen LogP contribution >= 0.6 is 0 Å². The minimum absolute atomic E-state index is 0.0499. The van der Waals surface area contributed by atoms with Gasteiger partial charge in [0, 0.05) is 11.6 Å². The van der Waals surface area contributed by atoms with Gasteiger partial charge in [0.25, 0.3) is 0 Å². The monoisotopic (exact) mass is 227 g/mol. The van der Waals surface area contributed by atoms with E-state index in [4.69, 9.17) is 5.84 Å². The van der Waals surface area contributed by atoms with E-state index in [2.05, 4.69) is 42.5 Å². The minimum Gasteiger partial charge on any atom is -0.271 e. The van der Waals surface area contributed by atoms with Crippen LogP contribution < -0.4 is 11.3 Å². The van der Waals surface area contributed by atoms with E-state index in [1.165, 1.54) is 11.0 Å². The number of aromatic nitrogens is 1. The molecule has 1 heterocycles. The molecule has 0 radical (unpaired) electrons. The molecule has 0 fully saturated rings. The Kier molecular flexibility index (Phi) is 3.52. The van der Waals surface area contributed by atoms with Crippen molar-refractivity contribution < 1.29 is 0 Å². The van der Waals surface area contributed by atoms with Crippen molar-refractivity contribution in [3.05, 3.63) is 53.9 Å². The summed E-state index contributed by atoms with van der Waals surface area (Å²) in [6, 6.07) is 10.2. The minimum atomic E-state index is -0.0499. The number of benzene rings is 1. The quantitative estimate of drug-likeness (QED) is 0.481. The molecular formula is C14H17N3. The van der Waals surface area contributed by atoms with E-state index in [1.54, 1.807) is 0 Å². The Balaban J connectivity index is 2.57. The van der Waals surface area contributed by atoms with E-state index in [9.17, 15) is 0 Å². The van der Waals surface area contributed by atoms with Crippen molar-refractivity contribution >= 4 is 10.8 Å². The molecule has 0 aliphatic carbocycles. The Labute approximate surface area is 101 Å². The van der Waals surface area contributed by atoms with Gasteiger partial charge in [0.2, 0.25) is 0 Å². The fraction of sp³-hybridized carbons (Fsp3) is 0.214. The number of fused-ring (bicyclic) bond motifs is 1. The van der Waals surface area contributed by atoms with Crippen LogP contribution in [0, 0.1) is 0 Å². The lowest BCUT2D eigenvalue weighted by molar-refractivity contribution is 0.640.